The van der Waals surface area contributed by atoms with Crippen molar-refractivity contribution < 1.29 is 4.79 Å². The molecule has 1 aliphatic heterocycles. The number of likely N-dealkylation sites (tertiary alicyclic amines) is 1. The highest BCUT2D eigenvalue weighted by molar-refractivity contribution is 7.14. The van der Waals surface area contributed by atoms with Crippen LogP contribution in [0.1, 0.15) is 17.8 Å². The van der Waals surface area contributed by atoms with E-state index in [1.807, 2.05) is 24.0 Å². The van der Waals surface area contributed by atoms with Crippen molar-refractivity contribution in [2.45, 2.75) is 25.8 Å². The number of carbonyl (C=O) groups excluding carboxylic acids is 1. The minimum Gasteiger partial charge on any atom is -0.324 e. The second kappa shape index (κ2) is 7.76. The normalized spacial score (nSPS) is 15.4. The van der Waals surface area contributed by atoms with Crippen LogP contribution in [0.4, 0.5) is 10.6 Å². The zero-order valence-electron chi connectivity index (χ0n) is 16.2. The van der Waals surface area contributed by atoms with Gasteiger partial charge in [0.1, 0.15) is 15.8 Å². The molecule has 146 valence electrons. The van der Waals surface area contributed by atoms with Crippen molar-refractivity contribution in [3.63, 3.8) is 0 Å². The Morgan fingerprint density at radius 2 is 1.96 bits per heavy atom. The highest BCUT2D eigenvalue weighted by Crippen LogP contribution is 2.26. The summed E-state index contributed by atoms with van der Waals surface area (Å²) in [5.74, 6) is 0.527. The number of fused-ring (bicyclic) bond motifs is 1. The second-order valence-electron chi connectivity index (χ2n) is 7.22. The highest BCUT2D eigenvalue weighted by Gasteiger charge is 2.24. The van der Waals surface area contributed by atoms with E-state index in [-0.39, 0.29) is 6.03 Å². The Morgan fingerprint density at radius 1 is 1.18 bits per heavy atom. The van der Waals surface area contributed by atoms with Gasteiger partial charge in [0.2, 0.25) is 0 Å². The molecule has 8 nitrogen and oxygen atoms in total. The van der Waals surface area contributed by atoms with Crippen LogP contribution in [0.3, 0.4) is 0 Å². The van der Waals surface area contributed by atoms with Crippen molar-refractivity contribution in [2.24, 2.45) is 0 Å². The Labute approximate surface area is 167 Å². The van der Waals surface area contributed by atoms with E-state index in [1.165, 1.54) is 11.3 Å². The van der Waals surface area contributed by atoms with E-state index in [2.05, 4.69) is 44.5 Å². The predicted octanol–water partition coefficient (Wildman–Crippen LogP) is 3.01. The van der Waals surface area contributed by atoms with Gasteiger partial charge < -0.3 is 9.80 Å². The Balaban J connectivity index is 1.49. The van der Waals surface area contributed by atoms with Crippen LogP contribution in [0.25, 0.3) is 21.5 Å². The van der Waals surface area contributed by atoms with Crippen molar-refractivity contribution in [1.82, 2.24) is 30.0 Å². The van der Waals surface area contributed by atoms with Gasteiger partial charge in [-0.2, -0.15) is 0 Å². The van der Waals surface area contributed by atoms with Gasteiger partial charge in [0.25, 0.3) is 0 Å². The molecular formula is C19H23N7OS. The summed E-state index contributed by atoms with van der Waals surface area (Å²) in [5, 5.41) is 13.8. The molecule has 1 saturated heterocycles. The molecule has 1 N–H and O–H groups in total. The summed E-state index contributed by atoms with van der Waals surface area (Å²) in [4.78, 5) is 25.5. The van der Waals surface area contributed by atoms with Crippen LogP contribution >= 0.6 is 11.3 Å². The van der Waals surface area contributed by atoms with Gasteiger partial charge in [-0.3, -0.25) is 10.3 Å². The van der Waals surface area contributed by atoms with Crippen molar-refractivity contribution in [1.29, 1.82) is 0 Å². The number of aromatic nitrogens is 4. The molecule has 0 bridgehead atoms. The first-order valence-corrected chi connectivity index (χ1v) is 10.1. The standard InChI is InChI=1S/C19H23N7OS/c1-12-23-24-18(28-12)14-8-13-9-17(21-11-16(13)20-10-14)22-19(27)26-6-4-15(5-7-26)25(2)3/h8-11,15H,4-7H2,1-3H3,(H,21,22,27). The van der Waals surface area contributed by atoms with E-state index in [1.54, 1.807) is 12.4 Å². The van der Waals surface area contributed by atoms with E-state index in [9.17, 15) is 4.79 Å². The fraction of sp³-hybridized carbons (Fsp3) is 0.421. The van der Waals surface area contributed by atoms with Gasteiger partial charge in [-0.05, 0) is 46.0 Å². The average molecular weight is 398 g/mol. The predicted molar refractivity (Wildman–Crippen MR) is 110 cm³/mol. The Morgan fingerprint density at radius 3 is 2.64 bits per heavy atom. The molecule has 0 spiro atoms. The monoisotopic (exact) mass is 397 g/mol. The number of urea groups is 1. The van der Waals surface area contributed by atoms with Crippen LogP contribution in [0.5, 0.6) is 0 Å². The third-order valence-corrected chi connectivity index (χ3v) is 5.95. The average Bonchev–Trinajstić information content (AvgIpc) is 3.14. The van der Waals surface area contributed by atoms with Crippen LogP contribution < -0.4 is 5.32 Å². The molecule has 0 radical (unpaired) electrons. The number of pyridine rings is 2. The third kappa shape index (κ3) is 3.95. The number of nitrogens with zero attached hydrogens (tertiary/aromatic N) is 6. The largest absolute Gasteiger partial charge is 0.324 e. The molecule has 0 atom stereocenters. The summed E-state index contributed by atoms with van der Waals surface area (Å²) in [7, 11) is 4.18. The summed E-state index contributed by atoms with van der Waals surface area (Å²) >= 11 is 1.53. The summed E-state index contributed by atoms with van der Waals surface area (Å²) in [6.07, 6.45) is 5.43. The van der Waals surface area contributed by atoms with Crippen LogP contribution in [-0.2, 0) is 0 Å². The molecule has 0 aliphatic carbocycles. The maximum atomic E-state index is 12.6. The van der Waals surface area contributed by atoms with E-state index in [0.29, 0.717) is 11.9 Å². The molecule has 3 aromatic heterocycles. The molecule has 0 unspecified atom stereocenters. The Kier molecular flexibility index (Phi) is 5.19. The molecule has 9 heteroatoms. The lowest BCUT2D eigenvalue weighted by Gasteiger charge is -2.35. The van der Waals surface area contributed by atoms with Crippen LogP contribution in [0, 0.1) is 6.92 Å². The van der Waals surface area contributed by atoms with Crippen molar-refractivity contribution in [3.8, 4) is 10.6 Å². The van der Waals surface area contributed by atoms with Crippen molar-refractivity contribution in [3.05, 3.63) is 29.5 Å². The third-order valence-electron chi connectivity index (χ3n) is 5.06. The van der Waals surface area contributed by atoms with Gasteiger partial charge in [0.15, 0.2) is 0 Å². The molecule has 1 aliphatic rings. The van der Waals surface area contributed by atoms with Crippen LogP contribution in [-0.4, -0.2) is 69.2 Å². The topological polar surface area (TPSA) is 87.1 Å². The fourth-order valence-corrected chi connectivity index (χ4v) is 4.08. The summed E-state index contributed by atoms with van der Waals surface area (Å²) in [5.41, 5.74) is 1.68. The van der Waals surface area contributed by atoms with E-state index in [4.69, 9.17) is 0 Å². The smallest absolute Gasteiger partial charge is 0.323 e. The number of aryl methyl sites for hydroxylation is 1. The van der Waals surface area contributed by atoms with Crippen LogP contribution in [0.15, 0.2) is 24.5 Å². The number of carbonyl (C=O) groups is 1. The molecule has 4 rings (SSSR count). The lowest BCUT2D eigenvalue weighted by atomic mass is 10.0. The lowest BCUT2D eigenvalue weighted by molar-refractivity contribution is 0.156. The highest BCUT2D eigenvalue weighted by atomic mass is 32.1. The molecular weight excluding hydrogens is 374 g/mol. The minimum atomic E-state index is -0.104. The molecule has 0 aromatic carbocycles. The number of rotatable bonds is 3. The Bertz CT molecular complexity index is 995. The van der Waals surface area contributed by atoms with Gasteiger partial charge in [0, 0.05) is 36.3 Å². The van der Waals surface area contributed by atoms with E-state index < -0.39 is 0 Å². The summed E-state index contributed by atoms with van der Waals surface area (Å²) in [6, 6.07) is 4.29. The van der Waals surface area contributed by atoms with Gasteiger partial charge >= 0.3 is 6.03 Å². The quantitative estimate of drug-likeness (QED) is 0.731. The first-order chi connectivity index (χ1) is 13.5. The van der Waals surface area contributed by atoms with Gasteiger partial charge in [-0.1, -0.05) is 11.3 Å². The van der Waals surface area contributed by atoms with E-state index in [0.717, 1.165) is 52.4 Å². The van der Waals surface area contributed by atoms with E-state index >= 15 is 0 Å². The van der Waals surface area contributed by atoms with Crippen LogP contribution in [0.2, 0.25) is 0 Å². The number of anilines is 1. The van der Waals surface area contributed by atoms with Gasteiger partial charge in [-0.25, -0.2) is 9.78 Å². The summed E-state index contributed by atoms with van der Waals surface area (Å²) in [6.45, 7) is 3.43. The maximum absolute atomic E-state index is 12.6. The van der Waals surface area contributed by atoms with Crippen molar-refractivity contribution in [2.75, 3.05) is 32.5 Å². The zero-order valence-corrected chi connectivity index (χ0v) is 17.0. The lowest BCUT2D eigenvalue weighted by Crippen LogP contribution is -2.46. The molecule has 1 fully saturated rings. The molecule has 0 saturated carbocycles. The zero-order chi connectivity index (χ0) is 19.7. The molecule has 28 heavy (non-hydrogen) atoms. The second-order valence-corrected chi connectivity index (χ2v) is 8.41. The number of hydrogen-bond acceptors (Lipinski definition) is 7. The number of piperidine rings is 1. The number of hydrogen-bond donors (Lipinski definition) is 1. The molecule has 2 amide bonds. The molecule has 3 aromatic rings. The minimum absolute atomic E-state index is 0.104. The number of amides is 2. The SMILES string of the molecule is Cc1nnc(-c2cnc3cnc(NC(=O)N4CCC(N(C)C)CC4)cc3c2)s1. The first-order valence-electron chi connectivity index (χ1n) is 9.28. The van der Waals surface area contributed by atoms with Crippen molar-refractivity contribution >= 4 is 34.1 Å². The maximum Gasteiger partial charge on any atom is 0.323 e. The molecule has 4 heterocycles. The number of nitrogens with one attached hydrogen (secondary N) is 1. The van der Waals surface area contributed by atoms with Gasteiger partial charge in [-0.15, -0.1) is 10.2 Å². The fourth-order valence-electron chi connectivity index (χ4n) is 3.40. The summed E-state index contributed by atoms with van der Waals surface area (Å²) < 4.78 is 0. The Hall–Kier alpha value is -2.65. The van der Waals surface area contributed by atoms with Gasteiger partial charge in [0.05, 0.1) is 11.7 Å². The first kappa shape index (κ1) is 18.7.